The number of benzene rings is 4. The minimum Gasteiger partial charge on any atom is -0.493 e. The van der Waals surface area contributed by atoms with Crippen molar-refractivity contribution in [1.82, 2.24) is 0 Å². The van der Waals surface area contributed by atoms with Crippen molar-refractivity contribution >= 4 is 41.0 Å². The molecule has 0 fully saturated rings. The number of carbonyl (C=O) groups is 1. The van der Waals surface area contributed by atoms with Crippen LogP contribution in [0.3, 0.4) is 0 Å². The molecule has 0 radical (unpaired) electrons. The molecule has 0 spiro atoms. The number of rotatable bonds is 10. The van der Waals surface area contributed by atoms with Gasteiger partial charge in [-0.25, -0.2) is 4.79 Å². The van der Waals surface area contributed by atoms with Gasteiger partial charge in [0.2, 0.25) is 5.75 Å². The molecule has 0 aliphatic rings. The van der Waals surface area contributed by atoms with E-state index in [1.807, 2.05) is 30.3 Å². The fraction of sp³-hybridized carbons (Fsp3) is 0.0667. The molecule has 200 valence electrons. The van der Waals surface area contributed by atoms with Gasteiger partial charge in [-0.1, -0.05) is 24.3 Å². The van der Waals surface area contributed by atoms with Crippen LogP contribution in [0.2, 0.25) is 0 Å². The van der Waals surface area contributed by atoms with Crippen LogP contribution in [-0.4, -0.2) is 31.3 Å². The van der Waals surface area contributed by atoms with E-state index in [4.69, 9.17) is 14.2 Å². The first kappa shape index (κ1) is 27.4. The molecule has 0 amide bonds. The average Bonchev–Trinajstić information content (AvgIpc) is 2.99. The van der Waals surface area contributed by atoms with Crippen molar-refractivity contribution in [2.75, 3.05) is 14.2 Å². The van der Waals surface area contributed by atoms with Gasteiger partial charge >= 0.3 is 11.7 Å². The predicted molar refractivity (Wildman–Crippen MR) is 152 cm³/mol. The zero-order valence-corrected chi connectivity index (χ0v) is 21.6. The fourth-order valence-electron chi connectivity index (χ4n) is 3.47. The zero-order valence-electron chi connectivity index (χ0n) is 21.6. The van der Waals surface area contributed by atoms with Gasteiger partial charge in [-0.15, -0.1) is 0 Å². The van der Waals surface area contributed by atoms with Crippen LogP contribution in [-0.2, 0) is 4.79 Å². The van der Waals surface area contributed by atoms with E-state index in [-0.39, 0.29) is 11.4 Å². The van der Waals surface area contributed by atoms with Gasteiger partial charge in [-0.2, -0.15) is 10.2 Å². The molecule has 0 saturated heterocycles. The minimum atomic E-state index is -0.774. The summed E-state index contributed by atoms with van der Waals surface area (Å²) in [5.41, 5.74) is 2.77. The molecule has 0 heterocycles. The van der Waals surface area contributed by atoms with Gasteiger partial charge in [0.15, 0.2) is 11.5 Å². The number of carbonyl (C=O) groups excluding carboxylic acids is 1. The summed E-state index contributed by atoms with van der Waals surface area (Å²) in [5.74, 6) is 0.0836. The highest BCUT2D eigenvalue weighted by atomic mass is 16.6. The largest absolute Gasteiger partial charge is 0.493 e. The average molecular weight is 537 g/mol. The third kappa shape index (κ3) is 7.45. The van der Waals surface area contributed by atoms with E-state index < -0.39 is 10.9 Å². The second kappa shape index (κ2) is 13.2. The van der Waals surface area contributed by atoms with Crippen LogP contribution in [0.15, 0.2) is 112 Å². The van der Waals surface area contributed by atoms with Crippen molar-refractivity contribution in [1.29, 1.82) is 0 Å². The Kier molecular flexibility index (Phi) is 9.07. The van der Waals surface area contributed by atoms with Crippen LogP contribution in [0.5, 0.6) is 17.2 Å². The molecule has 10 heteroatoms. The Balaban J connectivity index is 1.42. The lowest BCUT2D eigenvalue weighted by Crippen LogP contribution is -2.06. The van der Waals surface area contributed by atoms with Crippen molar-refractivity contribution in [3.63, 3.8) is 0 Å². The Morgan fingerprint density at radius 3 is 2.05 bits per heavy atom. The van der Waals surface area contributed by atoms with Gasteiger partial charge in [0, 0.05) is 18.4 Å². The summed E-state index contributed by atoms with van der Waals surface area (Å²) in [6.45, 7) is 0. The van der Waals surface area contributed by atoms with Crippen LogP contribution in [0.25, 0.3) is 6.08 Å². The van der Waals surface area contributed by atoms with Gasteiger partial charge < -0.3 is 14.2 Å². The highest BCUT2D eigenvalue weighted by Gasteiger charge is 2.18. The van der Waals surface area contributed by atoms with Crippen molar-refractivity contribution in [2.24, 2.45) is 15.2 Å². The number of hydrogen-bond donors (Lipinski definition) is 0. The number of ether oxygens (including phenoxy) is 3. The highest BCUT2D eigenvalue weighted by molar-refractivity contribution is 5.90. The number of aliphatic imine (C=N–C) groups is 1. The Morgan fingerprint density at radius 1 is 0.750 bits per heavy atom. The predicted octanol–water partition coefficient (Wildman–Crippen LogP) is 7.40. The molecule has 40 heavy (non-hydrogen) atoms. The van der Waals surface area contributed by atoms with Crippen LogP contribution in [0.1, 0.15) is 11.1 Å². The van der Waals surface area contributed by atoms with Crippen LogP contribution < -0.4 is 14.2 Å². The molecule has 4 rings (SSSR count). The molecule has 4 aromatic rings. The Morgan fingerprint density at radius 2 is 1.38 bits per heavy atom. The SMILES string of the molecule is COc1ccc(C=CC(=O)Oc2ccc(C=Nc3ccc(N=Nc4ccccc4)cc3)cc2[N+](=O)[O-])cc1OC. The molecule has 0 unspecified atom stereocenters. The smallest absolute Gasteiger partial charge is 0.336 e. The summed E-state index contributed by atoms with van der Waals surface area (Å²) in [4.78, 5) is 27.7. The number of hydrogen-bond acceptors (Lipinski definition) is 9. The second-order valence-corrected chi connectivity index (χ2v) is 8.16. The Hall–Kier alpha value is -5.64. The van der Waals surface area contributed by atoms with E-state index in [1.165, 1.54) is 44.7 Å². The number of methoxy groups -OCH3 is 2. The molecule has 0 atom stereocenters. The minimum absolute atomic E-state index is 0.183. The summed E-state index contributed by atoms with van der Waals surface area (Å²) < 4.78 is 15.7. The van der Waals surface area contributed by atoms with Gasteiger partial charge in [-0.05, 0) is 77.9 Å². The monoisotopic (exact) mass is 536 g/mol. The van der Waals surface area contributed by atoms with E-state index >= 15 is 0 Å². The summed E-state index contributed by atoms with van der Waals surface area (Å²) in [6, 6.07) is 25.7. The van der Waals surface area contributed by atoms with Crippen LogP contribution in [0, 0.1) is 10.1 Å². The maximum absolute atomic E-state index is 12.4. The van der Waals surface area contributed by atoms with Crippen molar-refractivity contribution in [3.8, 4) is 17.2 Å². The van der Waals surface area contributed by atoms with E-state index in [1.54, 1.807) is 48.5 Å². The third-order valence-electron chi connectivity index (χ3n) is 5.46. The molecule has 0 aromatic heterocycles. The molecule has 0 aliphatic carbocycles. The topological polar surface area (TPSA) is 125 Å². The third-order valence-corrected chi connectivity index (χ3v) is 5.46. The van der Waals surface area contributed by atoms with Gasteiger partial charge in [0.25, 0.3) is 0 Å². The maximum Gasteiger partial charge on any atom is 0.336 e. The van der Waals surface area contributed by atoms with Crippen molar-refractivity contribution in [3.05, 3.63) is 118 Å². The molecule has 0 saturated carbocycles. The molecule has 0 aliphatic heterocycles. The fourth-order valence-corrected chi connectivity index (χ4v) is 3.47. The van der Waals surface area contributed by atoms with Gasteiger partial charge in [0.05, 0.1) is 36.2 Å². The first-order valence-corrected chi connectivity index (χ1v) is 12.0. The van der Waals surface area contributed by atoms with E-state index in [9.17, 15) is 14.9 Å². The zero-order chi connectivity index (χ0) is 28.3. The van der Waals surface area contributed by atoms with Gasteiger partial charge in [-0.3, -0.25) is 15.1 Å². The number of azo groups is 1. The number of nitro benzene ring substituents is 1. The lowest BCUT2D eigenvalue weighted by atomic mass is 10.2. The molecule has 0 N–H and O–H groups in total. The lowest BCUT2D eigenvalue weighted by Gasteiger charge is -2.07. The maximum atomic E-state index is 12.4. The first-order chi connectivity index (χ1) is 19.4. The first-order valence-electron chi connectivity index (χ1n) is 12.0. The van der Waals surface area contributed by atoms with E-state index in [0.29, 0.717) is 34.0 Å². The molecule has 0 bridgehead atoms. The molecular weight excluding hydrogens is 512 g/mol. The normalized spacial score (nSPS) is 11.2. The number of nitrogens with zero attached hydrogens (tertiary/aromatic N) is 4. The van der Waals surface area contributed by atoms with E-state index in [2.05, 4.69) is 15.2 Å². The Bertz CT molecular complexity index is 1580. The quantitative estimate of drug-likeness (QED) is 0.0395. The summed E-state index contributed by atoms with van der Waals surface area (Å²) in [6.07, 6.45) is 4.16. The lowest BCUT2D eigenvalue weighted by molar-refractivity contribution is -0.385. The summed E-state index contributed by atoms with van der Waals surface area (Å²) in [5, 5.41) is 20.0. The summed E-state index contributed by atoms with van der Waals surface area (Å²) >= 11 is 0. The molecular formula is C30H24N4O6. The van der Waals surface area contributed by atoms with Crippen LogP contribution >= 0.6 is 0 Å². The van der Waals surface area contributed by atoms with Gasteiger partial charge in [0.1, 0.15) is 0 Å². The second-order valence-electron chi connectivity index (χ2n) is 8.16. The van der Waals surface area contributed by atoms with E-state index in [0.717, 1.165) is 5.69 Å². The van der Waals surface area contributed by atoms with Crippen molar-refractivity contribution < 1.29 is 23.9 Å². The number of esters is 1. The highest BCUT2D eigenvalue weighted by Crippen LogP contribution is 2.30. The molecule has 4 aromatic carbocycles. The summed E-state index contributed by atoms with van der Waals surface area (Å²) in [7, 11) is 3.03. The van der Waals surface area contributed by atoms with Crippen LogP contribution in [0.4, 0.5) is 22.7 Å². The number of nitro groups is 1. The Labute approximate surface area is 230 Å². The van der Waals surface area contributed by atoms with Crippen molar-refractivity contribution in [2.45, 2.75) is 0 Å². The molecule has 10 nitrogen and oxygen atoms in total. The standard InChI is InChI=1S/C30H24N4O6/c1-38-28-16-8-21(19-29(28)39-2)10-17-30(35)40-27-15-9-22(18-26(27)34(36)37)20-31-23-11-13-25(14-12-23)33-32-24-6-4-3-5-7-24/h3-20H,1-2H3.